The molecule has 0 bridgehead atoms. The second kappa shape index (κ2) is 15.2. The lowest BCUT2D eigenvalue weighted by Crippen LogP contribution is -2.24. The number of pyridine rings is 1. The van der Waals surface area contributed by atoms with Crippen LogP contribution in [-0.2, 0) is 24.9 Å². The first-order chi connectivity index (χ1) is 23.7. The van der Waals surface area contributed by atoms with Gasteiger partial charge in [-0.3, -0.25) is 19.3 Å². The number of methoxy groups -OCH3 is 3. The number of carbonyl (C=O) groups is 2. The van der Waals surface area contributed by atoms with Crippen LogP contribution in [0.1, 0.15) is 51.9 Å². The summed E-state index contributed by atoms with van der Waals surface area (Å²) in [5.74, 6) is 1.53. The van der Waals surface area contributed by atoms with Gasteiger partial charge < -0.3 is 34.4 Å². The Kier molecular flexibility index (Phi) is 10.6. The summed E-state index contributed by atoms with van der Waals surface area (Å²) in [6, 6.07) is 14.3. The third kappa shape index (κ3) is 7.38. The Bertz CT molecular complexity index is 2040. The number of hydrogen-bond donors (Lipinski definition) is 2. The van der Waals surface area contributed by atoms with Crippen molar-refractivity contribution < 1.29 is 33.0 Å². The summed E-state index contributed by atoms with van der Waals surface area (Å²) in [5.41, 5.74) is 9.39. The van der Waals surface area contributed by atoms with Gasteiger partial charge in [-0.25, -0.2) is 9.97 Å². The van der Waals surface area contributed by atoms with Crippen LogP contribution in [0.3, 0.4) is 0 Å². The van der Waals surface area contributed by atoms with E-state index in [2.05, 4.69) is 25.4 Å². The minimum atomic E-state index is -0.470. The summed E-state index contributed by atoms with van der Waals surface area (Å²) in [6.07, 6.45) is 2.11. The van der Waals surface area contributed by atoms with Gasteiger partial charge in [-0.2, -0.15) is 5.10 Å². The lowest BCUT2D eigenvalue weighted by Gasteiger charge is -2.13. The molecule has 0 radical (unpaired) electrons. The highest BCUT2D eigenvalue weighted by molar-refractivity contribution is 6.10. The maximum absolute atomic E-state index is 13.5. The highest BCUT2D eigenvalue weighted by atomic mass is 16.5. The van der Waals surface area contributed by atoms with Crippen LogP contribution < -0.4 is 25.3 Å². The molecule has 0 spiro atoms. The van der Waals surface area contributed by atoms with Crippen LogP contribution in [0.5, 0.6) is 17.2 Å². The van der Waals surface area contributed by atoms with Gasteiger partial charge in [-0.1, -0.05) is 12.1 Å². The smallest absolute Gasteiger partial charge is 0.270 e. The van der Waals surface area contributed by atoms with Crippen molar-refractivity contribution in [2.45, 2.75) is 27.0 Å². The number of aliphatic imine (C=N–C) groups is 1. The van der Waals surface area contributed by atoms with Crippen LogP contribution in [0.25, 0.3) is 22.3 Å². The average molecular weight is 668 g/mol. The van der Waals surface area contributed by atoms with Gasteiger partial charge in [-0.05, 0) is 49.7 Å². The van der Waals surface area contributed by atoms with E-state index < -0.39 is 5.91 Å². The standard InChI is InChI=1S/C35H37N7O7/c1-7-37-32(33(20(2)36)48-19-21-8-11-23(45-4)12-9-21)35-41-31(29(18-43)49-35)30-25-17-39-42(3)27(25)15-26(40-30)34(44)38-16-22-10-13-24(46-5)14-28(22)47-6/h8-15,17-18H,7,16,19,36H2,1-6H3,(H,38,44). The van der Waals surface area contributed by atoms with E-state index in [9.17, 15) is 9.59 Å². The van der Waals surface area contributed by atoms with Crippen molar-refractivity contribution in [2.75, 3.05) is 27.9 Å². The molecule has 5 aromatic rings. The van der Waals surface area contributed by atoms with Gasteiger partial charge in [-0.15, -0.1) is 0 Å². The fourth-order valence-corrected chi connectivity index (χ4v) is 5.03. The maximum atomic E-state index is 13.5. The number of amides is 1. The fraction of sp³-hybridized carbons (Fsp3) is 0.257. The molecule has 2 aromatic carbocycles. The SMILES string of the molecule is CCN=C(C(OCc1ccc(OC)cc1)=C(C)N)c1nc(-c2nc(C(=O)NCc3ccc(OC)cc3OC)cc3c2cnn3C)c(C=O)o1. The van der Waals surface area contributed by atoms with Crippen LogP contribution in [0.15, 0.2) is 75.6 Å². The van der Waals surface area contributed by atoms with Gasteiger partial charge >= 0.3 is 0 Å². The van der Waals surface area contributed by atoms with Crippen molar-refractivity contribution in [1.29, 1.82) is 0 Å². The second-order valence-corrected chi connectivity index (χ2v) is 10.7. The minimum absolute atomic E-state index is 0.00576. The van der Waals surface area contributed by atoms with Gasteiger partial charge in [0.25, 0.3) is 5.91 Å². The van der Waals surface area contributed by atoms with E-state index in [1.807, 2.05) is 31.2 Å². The molecule has 0 atom stereocenters. The molecule has 14 heteroatoms. The molecule has 0 aliphatic rings. The summed E-state index contributed by atoms with van der Waals surface area (Å²) in [4.78, 5) is 39.8. The number of nitrogens with two attached hydrogens (primary N) is 1. The highest BCUT2D eigenvalue weighted by Gasteiger charge is 2.27. The van der Waals surface area contributed by atoms with Gasteiger partial charge in [0.15, 0.2) is 23.5 Å². The molecule has 254 valence electrons. The van der Waals surface area contributed by atoms with Gasteiger partial charge in [0.05, 0.1) is 38.7 Å². The Morgan fingerprint density at radius 1 is 1.02 bits per heavy atom. The number of aldehydes is 1. The van der Waals surface area contributed by atoms with E-state index >= 15 is 0 Å². The topological polar surface area (TPSA) is 178 Å². The lowest BCUT2D eigenvalue weighted by molar-refractivity contribution is 0.0945. The summed E-state index contributed by atoms with van der Waals surface area (Å²) in [7, 11) is 6.43. The predicted octanol–water partition coefficient (Wildman–Crippen LogP) is 4.61. The molecule has 0 unspecified atom stereocenters. The Morgan fingerprint density at radius 2 is 1.76 bits per heavy atom. The van der Waals surface area contributed by atoms with Crippen molar-refractivity contribution in [3.05, 3.63) is 94.7 Å². The fourth-order valence-electron chi connectivity index (χ4n) is 5.03. The number of hydrogen-bond acceptors (Lipinski definition) is 12. The number of allylic oxidation sites excluding steroid dienone is 2. The van der Waals surface area contributed by atoms with Crippen LogP contribution in [0, 0.1) is 0 Å². The van der Waals surface area contributed by atoms with E-state index in [1.54, 1.807) is 70.4 Å². The van der Waals surface area contributed by atoms with Crippen molar-refractivity contribution >= 4 is 28.8 Å². The molecule has 0 fully saturated rings. The summed E-state index contributed by atoms with van der Waals surface area (Å²) >= 11 is 0. The predicted molar refractivity (Wildman–Crippen MR) is 182 cm³/mol. The number of oxazole rings is 1. The van der Waals surface area contributed by atoms with Crippen molar-refractivity contribution in [3.63, 3.8) is 0 Å². The number of ether oxygens (including phenoxy) is 4. The number of nitrogens with zero attached hydrogens (tertiary/aromatic N) is 5. The minimum Gasteiger partial charge on any atom is -0.497 e. The lowest BCUT2D eigenvalue weighted by atomic mass is 10.1. The second-order valence-electron chi connectivity index (χ2n) is 10.7. The zero-order valence-electron chi connectivity index (χ0n) is 28.1. The number of nitrogens with one attached hydrogen (secondary N) is 1. The molecule has 14 nitrogen and oxygen atoms in total. The quantitative estimate of drug-likeness (QED) is 0.0960. The van der Waals surface area contributed by atoms with Crippen molar-refractivity contribution in [3.8, 4) is 28.6 Å². The number of aromatic nitrogens is 4. The first kappa shape index (κ1) is 34.2. The molecular weight excluding hydrogens is 630 g/mol. The number of benzene rings is 2. The Morgan fingerprint density at radius 3 is 2.41 bits per heavy atom. The van der Waals surface area contributed by atoms with Crippen LogP contribution >= 0.6 is 0 Å². The van der Waals surface area contributed by atoms with E-state index in [0.29, 0.717) is 46.7 Å². The largest absolute Gasteiger partial charge is 0.497 e. The number of fused-ring (bicyclic) bond motifs is 1. The third-order valence-corrected chi connectivity index (χ3v) is 7.53. The van der Waals surface area contributed by atoms with E-state index in [-0.39, 0.29) is 53.4 Å². The number of rotatable bonds is 14. The average Bonchev–Trinajstić information content (AvgIpc) is 3.73. The van der Waals surface area contributed by atoms with Crippen molar-refractivity contribution in [2.24, 2.45) is 17.8 Å². The Balaban J connectivity index is 1.50. The van der Waals surface area contributed by atoms with Gasteiger partial charge in [0.2, 0.25) is 5.89 Å². The highest BCUT2D eigenvalue weighted by Crippen LogP contribution is 2.31. The molecule has 49 heavy (non-hydrogen) atoms. The van der Waals surface area contributed by atoms with Crippen molar-refractivity contribution in [1.82, 2.24) is 25.1 Å². The molecule has 0 saturated carbocycles. The van der Waals surface area contributed by atoms with Gasteiger partial charge in [0.1, 0.15) is 40.9 Å². The molecular formula is C35H37N7O7. The normalized spacial score (nSPS) is 12.0. The van der Waals surface area contributed by atoms with E-state index in [1.165, 1.54) is 0 Å². The molecule has 5 rings (SSSR count). The zero-order chi connectivity index (χ0) is 35.1. The first-order valence-electron chi connectivity index (χ1n) is 15.3. The molecule has 3 N–H and O–H groups in total. The van der Waals surface area contributed by atoms with Crippen LogP contribution in [-0.4, -0.2) is 65.5 Å². The number of carbonyl (C=O) groups excluding carboxylic acids is 2. The third-order valence-electron chi connectivity index (χ3n) is 7.53. The summed E-state index contributed by atoms with van der Waals surface area (Å²) < 4.78 is 29.7. The van der Waals surface area contributed by atoms with Crippen LogP contribution in [0.2, 0.25) is 0 Å². The molecule has 1 amide bonds. The van der Waals surface area contributed by atoms with Crippen LogP contribution in [0.4, 0.5) is 0 Å². The number of aryl methyl sites for hydroxylation is 1. The molecule has 3 heterocycles. The van der Waals surface area contributed by atoms with Gasteiger partial charge in [0, 0.05) is 37.2 Å². The summed E-state index contributed by atoms with van der Waals surface area (Å²) in [5, 5.41) is 7.79. The Labute approximate surface area is 282 Å². The zero-order valence-corrected chi connectivity index (χ0v) is 28.1. The van der Waals surface area contributed by atoms with E-state index in [0.717, 1.165) is 11.1 Å². The molecule has 3 aromatic heterocycles. The maximum Gasteiger partial charge on any atom is 0.270 e. The monoisotopic (exact) mass is 667 g/mol. The molecule has 0 aliphatic carbocycles. The summed E-state index contributed by atoms with van der Waals surface area (Å²) in [6.45, 7) is 4.17. The first-order valence-corrected chi connectivity index (χ1v) is 15.3. The molecule has 0 aliphatic heterocycles. The van der Waals surface area contributed by atoms with E-state index in [4.69, 9.17) is 29.1 Å². The molecule has 0 saturated heterocycles. The Hall–Kier alpha value is -6.18.